The van der Waals surface area contributed by atoms with Gasteiger partial charge in [-0.2, -0.15) is 0 Å². The highest BCUT2D eigenvalue weighted by Crippen LogP contribution is 1.93. The topological polar surface area (TPSA) is 37.3 Å². The second kappa shape index (κ2) is 9.89. The second-order valence-electron chi connectivity index (χ2n) is 2.52. The lowest BCUT2D eigenvalue weighted by molar-refractivity contribution is -0.131. The molecule has 0 fully saturated rings. The van der Waals surface area contributed by atoms with Crippen LogP contribution in [0, 0.1) is 24.2 Å². The van der Waals surface area contributed by atoms with Crippen molar-refractivity contribution in [2.75, 3.05) is 0 Å². The van der Waals surface area contributed by atoms with Crippen molar-refractivity contribution in [1.82, 2.24) is 0 Å². The SMILES string of the molecule is C#CC#C/C=C\C=C\CC/C=C/C(=O)O. The average Bonchev–Trinajstić information content (AvgIpc) is 2.20. The van der Waals surface area contributed by atoms with Crippen LogP contribution < -0.4 is 0 Å². The van der Waals surface area contributed by atoms with Gasteiger partial charge in [0.05, 0.1) is 0 Å². The van der Waals surface area contributed by atoms with Gasteiger partial charge in [-0.3, -0.25) is 0 Å². The molecule has 0 bridgehead atoms. The monoisotopic (exact) mass is 200 g/mol. The molecule has 0 radical (unpaired) electrons. The first-order valence-corrected chi connectivity index (χ1v) is 4.44. The number of rotatable bonds is 5. The minimum atomic E-state index is -0.913. The van der Waals surface area contributed by atoms with E-state index in [2.05, 4.69) is 17.8 Å². The van der Waals surface area contributed by atoms with Crippen molar-refractivity contribution in [1.29, 1.82) is 0 Å². The summed E-state index contributed by atoms with van der Waals surface area (Å²) in [5.41, 5.74) is 0. The zero-order valence-electron chi connectivity index (χ0n) is 8.31. The molecule has 0 heterocycles. The Hall–Kier alpha value is -2.19. The molecule has 15 heavy (non-hydrogen) atoms. The van der Waals surface area contributed by atoms with Crippen molar-refractivity contribution in [2.45, 2.75) is 12.8 Å². The minimum absolute atomic E-state index is 0.715. The second-order valence-corrected chi connectivity index (χ2v) is 2.52. The summed E-state index contributed by atoms with van der Waals surface area (Å²) in [6.07, 6.45) is 16.4. The molecule has 0 aromatic rings. The van der Waals surface area contributed by atoms with Gasteiger partial charge in [0.15, 0.2) is 0 Å². The largest absolute Gasteiger partial charge is 0.478 e. The predicted molar refractivity (Wildman–Crippen MR) is 60.9 cm³/mol. The first-order valence-electron chi connectivity index (χ1n) is 4.44. The third kappa shape index (κ3) is 11.8. The molecule has 0 amide bonds. The first kappa shape index (κ1) is 12.8. The van der Waals surface area contributed by atoms with Gasteiger partial charge < -0.3 is 5.11 Å². The van der Waals surface area contributed by atoms with Crippen LogP contribution in [0.5, 0.6) is 0 Å². The normalized spacial score (nSPS) is 10.3. The molecule has 2 nitrogen and oxygen atoms in total. The van der Waals surface area contributed by atoms with Gasteiger partial charge in [0.2, 0.25) is 0 Å². The van der Waals surface area contributed by atoms with E-state index in [0.717, 1.165) is 12.5 Å². The molecule has 0 aliphatic carbocycles. The lowest BCUT2D eigenvalue weighted by Gasteiger charge is -1.83. The Morgan fingerprint density at radius 3 is 2.67 bits per heavy atom. The van der Waals surface area contributed by atoms with E-state index in [4.69, 9.17) is 11.5 Å². The number of aliphatic carboxylic acids is 1. The molecule has 0 aliphatic heterocycles. The van der Waals surface area contributed by atoms with Crippen LogP contribution in [0.4, 0.5) is 0 Å². The molecule has 2 heteroatoms. The maximum atomic E-state index is 10.1. The van der Waals surface area contributed by atoms with Crippen LogP contribution in [0.15, 0.2) is 36.5 Å². The third-order valence-corrected chi connectivity index (χ3v) is 1.33. The van der Waals surface area contributed by atoms with E-state index in [1.165, 1.54) is 0 Å². The van der Waals surface area contributed by atoms with E-state index in [-0.39, 0.29) is 0 Å². The lowest BCUT2D eigenvalue weighted by atomic mass is 10.2. The molecule has 1 N–H and O–H groups in total. The summed E-state index contributed by atoms with van der Waals surface area (Å²) >= 11 is 0. The zero-order valence-corrected chi connectivity index (χ0v) is 8.31. The fourth-order valence-electron chi connectivity index (χ4n) is 0.738. The summed E-state index contributed by atoms with van der Waals surface area (Å²) in [5, 5.41) is 8.29. The number of carbonyl (C=O) groups is 1. The van der Waals surface area contributed by atoms with Crippen molar-refractivity contribution < 1.29 is 9.90 Å². The summed E-state index contributed by atoms with van der Waals surface area (Å²) in [7, 11) is 0. The smallest absolute Gasteiger partial charge is 0.327 e. The van der Waals surface area contributed by atoms with Crippen LogP contribution in [0.25, 0.3) is 0 Å². The van der Waals surface area contributed by atoms with Crippen molar-refractivity contribution in [3.05, 3.63) is 36.5 Å². The van der Waals surface area contributed by atoms with Gasteiger partial charge in [0.25, 0.3) is 0 Å². The third-order valence-electron chi connectivity index (χ3n) is 1.33. The van der Waals surface area contributed by atoms with E-state index in [1.807, 2.05) is 12.2 Å². The van der Waals surface area contributed by atoms with Crippen molar-refractivity contribution in [3.63, 3.8) is 0 Å². The average molecular weight is 200 g/mol. The molecule has 0 unspecified atom stereocenters. The summed E-state index contributed by atoms with van der Waals surface area (Å²) in [6.45, 7) is 0. The van der Waals surface area contributed by atoms with Crippen LogP contribution >= 0.6 is 0 Å². The molecular weight excluding hydrogens is 188 g/mol. The predicted octanol–water partition coefficient (Wildman–Crippen LogP) is 2.16. The Balaban J connectivity index is 3.61. The maximum absolute atomic E-state index is 10.1. The van der Waals surface area contributed by atoms with E-state index >= 15 is 0 Å². The summed E-state index contributed by atoms with van der Waals surface area (Å²) in [4.78, 5) is 10.1. The summed E-state index contributed by atoms with van der Waals surface area (Å²) in [6, 6.07) is 0. The molecule has 0 saturated carbocycles. The fourth-order valence-corrected chi connectivity index (χ4v) is 0.738. The van der Waals surface area contributed by atoms with Gasteiger partial charge in [-0.1, -0.05) is 30.2 Å². The number of hydrogen-bond donors (Lipinski definition) is 1. The standard InChI is InChI=1S/C13H12O2/c1-2-3-4-5-6-7-8-9-10-11-12-13(14)15/h1,5-8,11-12H,9-10H2,(H,14,15)/b6-5-,8-7+,12-11+. The Kier molecular flexibility index (Phi) is 8.45. The lowest BCUT2D eigenvalue weighted by Crippen LogP contribution is -1.84. The van der Waals surface area contributed by atoms with Crippen LogP contribution in [0.2, 0.25) is 0 Å². The van der Waals surface area contributed by atoms with E-state index < -0.39 is 5.97 Å². The highest BCUT2D eigenvalue weighted by Gasteiger charge is 1.82. The Morgan fingerprint density at radius 2 is 2.00 bits per heavy atom. The molecular formula is C13H12O2. The molecule has 76 valence electrons. The van der Waals surface area contributed by atoms with Gasteiger partial charge in [-0.25, -0.2) is 4.79 Å². The molecule has 0 atom stereocenters. The highest BCUT2D eigenvalue weighted by molar-refractivity contribution is 5.79. The van der Waals surface area contributed by atoms with Gasteiger partial charge in [-0.05, 0) is 30.8 Å². The molecule has 0 aromatic heterocycles. The number of unbranched alkanes of at least 4 members (excludes halogenated alkanes) is 1. The number of allylic oxidation sites excluding steroid dienone is 5. The van der Waals surface area contributed by atoms with Crippen LogP contribution in [0.1, 0.15) is 12.8 Å². The van der Waals surface area contributed by atoms with Crippen LogP contribution in [-0.4, -0.2) is 11.1 Å². The highest BCUT2D eigenvalue weighted by atomic mass is 16.4. The van der Waals surface area contributed by atoms with Crippen molar-refractivity contribution in [2.24, 2.45) is 0 Å². The van der Waals surface area contributed by atoms with Crippen LogP contribution in [-0.2, 0) is 4.79 Å². The Bertz CT molecular complexity index is 368. The summed E-state index contributed by atoms with van der Waals surface area (Å²) in [5.74, 6) is 6.38. The maximum Gasteiger partial charge on any atom is 0.327 e. The molecule has 0 spiro atoms. The van der Waals surface area contributed by atoms with Gasteiger partial charge in [-0.15, -0.1) is 6.42 Å². The van der Waals surface area contributed by atoms with Crippen LogP contribution in [0.3, 0.4) is 0 Å². The van der Waals surface area contributed by atoms with E-state index in [9.17, 15) is 4.79 Å². The number of hydrogen-bond acceptors (Lipinski definition) is 1. The number of carboxylic acid groups (broad SMARTS) is 1. The molecule has 0 aromatic carbocycles. The zero-order chi connectivity index (χ0) is 11.4. The molecule has 0 rings (SSSR count). The number of carboxylic acids is 1. The van der Waals surface area contributed by atoms with Gasteiger partial charge in [0.1, 0.15) is 0 Å². The first-order chi connectivity index (χ1) is 7.27. The van der Waals surface area contributed by atoms with E-state index in [0.29, 0.717) is 6.42 Å². The van der Waals surface area contributed by atoms with Gasteiger partial charge in [0, 0.05) is 6.08 Å². The molecule has 0 aliphatic rings. The van der Waals surface area contributed by atoms with E-state index in [1.54, 1.807) is 18.2 Å². The van der Waals surface area contributed by atoms with Crippen molar-refractivity contribution >= 4 is 5.97 Å². The fraction of sp³-hybridized carbons (Fsp3) is 0.154. The molecule has 0 saturated heterocycles. The van der Waals surface area contributed by atoms with Crippen molar-refractivity contribution in [3.8, 4) is 24.2 Å². The minimum Gasteiger partial charge on any atom is -0.478 e. The number of terminal acetylenes is 1. The Labute approximate surface area is 90.0 Å². The van der Waals surface area contributed by atoms with Gasteiger partial charge >= 0.3 is 5.97 Å². The quantitative estimate of drug-likeness (QED) is 0.319. The Morgan fingerprint density at radius 1 is 1.27 bits per heavy atom. The summed E-state index contributed by atoms with van der Waals surface area (Å²) < 4.78 is 0.